The van der Waals surface area contributed by atoms with Gasteiger partial charge in [-0.15, -0.1) is 5.10 Å². The highest BCUT2D eigenvalue weighted by Crippen LogP contribution is 2.34. The largest absolute Gasteiger partial charge is 0.456 e. The molecule has 0 spiro atoms. The summed E-state index contributed by atoms with van der Waals surface area (Å²) >= 11 is 0. The Labute approximate surface area is 196 Å². The molecule has 2 aromatic rings. The Balaban J connectivity index is 1.53. The fourth-order valence-corrected chi connectivity index (χ4v) is 4.37. The van der Waals surface area contributed by atoms with Gasteiger partial charge in [0.1, 0.15) is 19.2 Å². The van der Waals surface area contributed by atoms with E-state index in [1.807, 2.05) is 0 Å². The molecule has 4 rings (SSSR count). The highest BCUT2D eigenvalue weighted by Gasteiger charge is 2.40. The summed E-state index contributed by atoms with van der Waals surface area (Å²) in [7, 11) is 0. The zero-order valence-electron chi connectivity index (χ0n) is 19.1. The van der Waals surface area contributed by atoms with Crippen LogP contribution in [0.5, 0.6) is 0 Å². The van der Waals surface area contributed by atoms with Crippen LogP contribution in [0.15, 0.2) is 30.6 Å². The molecule has 11 nitrogen and oxygen atoms in total. The predicted octanol–water partition coefficient (Wildman–Crippen LogP) is 1.77. The Bertz CT molecular complexity index is 1050. The van der Waals surface area contributed by atoms with Crippen LogP contribution in [0.4, 0.5) is 20.6 Å². The number of cyclic esters (lactones) is 1. The number of aromatic nitrogens is 3. The minimum atomic E-state index is -0.567. The van der Waals surface area contributed by atoms with E-state index >= 15 is 4.39 Å². The highest BCUT2D eigenvalue weighted by molar-refractivity contribution is 5.90. The lowest BCUT2D eigenvalue weighted by atomic mass is 9.97. The van der Waals surface area contributed by atoms with Crippen molar-refractivity contribution >= 4 is 29.3 Å². The maximum atomic E-state index is 15.5. The number of halogens is 1. The minimum absolute atomic E-state index is 0.0874. The molecule has 1 unspecified atom stereocenters. The Morgan fingerprint density at radius 2 is 2.09 bits per heavy atom. The van der Waals surface area contributed by atoms with Crippen LogP contribution in [0.2, 0.25) is 0 Å². The number of rotatable bonds is 7. The number of ether oxygens (including phenoxy) is 2. The Hall–Kier alpha value is -3.54. The molecule has 3 heterocycles. The number of nitrogens with zero attached hydrogens (tertiary/aromatic N) is 5. The number of nitrogens with one attached hydrogen (secondary N) is 1. The van der Waals surface area contributed by atoms with Crippen molar-refractivity contribution < 1.29 is 28.2 Å². The summed E-state index contributed by atoms with van der Waals surface area (Å²) in [6.45, 7) is 4.48. The number of hydrogen-bond donors (Lipinski definition) is 1. The molecule has 1 atom stereocenters. The van der Waals surface area contributed by atoms with Gasteiger partial charge in [0.15, 0.2) is 18.1 Å². The van der Waals surface area contributed by atoms with Crippen LogP contribution in [0, 0.1) is 11.7 Å². The molecular weight excluding hydrogens is 447 g/mol. The Morgan fingerprint density at radius 3 is 2.74 bits per heavy atom. The first-order valence-electron chi connectivity index (χ1n) is 11.2. The Morgan fingerprint density at radius 1 is 1.32 bits per heavy atom. The SMILES string of the molecule is CC(=O)OCC(=O)N[N+]1(c2ccc(N3CC(Cn4ccnn4)OC3=O)cc2F)CCC(C)CC1. The maximum absolute atomic E-state index is 15.5. The van der Waals surface area contributed by atoms with Gasteiger partial charge in [-0.25, -0.2) is 13.9 Å². The third kappa shape index (κ3) is 5.16. The molecule has 182 valence electrons. The van der Waals surface area contributed by atoms with Gasteiger partial charge in [0, 0.05) is 38.1 Å². The van der Waals surface area contributed by atoms with Crippen molar-refractivity contribution in [1.29, 1.82) is 0 Å². The predicted molar refractivity (Wildman–Crippen MR) is 119 cm³/mol. The fraction of sp³-hybridized carbons (Fsp3) is 0.500. The van der Waals surface area contributed by atoms with E-state index in [0.717, 1.165) is 12.8 Å². The van der Waals surface area contributed by atoms with E-state index in [4.69, 9.17) is 9.47 Å². The lowest BCUT2D eigenvalue weighted by Gasteiger charge is -2.41. The summed E-state index contributed by atoms with van der Waals surface area (Å²) in [5.74, 6) is -1.18. The molecule has 12 heteroatoms. The van der Waals surface area contributed by atoms with Crippen LogP contribution in [0.25, 0.3) is 0 Å². The van der Waals surface area contributed by atoms with Gasteiger partial charge in [0.25, 0.3) is 0 Å². The van der Waals surface area contributed by atoms with E-state index in [1.54, 1.807) is 23.0 Å². The number of hydrogen-bond acceptors (Lipinski definition) is 7. The topological polar surface area (TPSA) is 116 Å². The molecule has 1 N–H and O–H groups in total. The van der Waals surface area contributed by atoms with E-state index in [-0.39, 0.29) is 11.1 Å². The number of carbonyl (C=O) groups is 3. The second-order valence-corrected chi connectivity index (χ2v) is 8.79. The quantitative estimate of drug-likeness (QED) is 0.479. The van der Waals surface area contributed by atoms with E-state index in [9.17, 15) is 14.4 Å². The second-order valence-electron chi connectivity index (χ2n) is 8.79. The molecule has 1 aromatic carbocycles. The molecule has 0 bridgehead atoms. The van der Waals surface area contributed by atoms with Crippen molar-refractivity contribution in [3.8, 4) is 0 Å². The van der Waals surface area contributed by atoms with Gasteiger partial charge >= 0.3 is 18.0 Å². The third-order valence-electron chi connectivity index (χ3n) is 6.19. The van der Waals surface area contributed by atoms with Crippen LogP contribution in [-0.4, -0.2) is 65.3 Å². The molecule has 0 saturated carbocycles. The zero-order valence-corrected chi connectivity index (χ0v) is 19.1. The number of anilines is 1. The smallest absolute Gasteiger partial charge is 0.414 e. The molecule has 0 aliphatic carbocycles. The standard InChI is InChI=1S/C22H27FN6O5/c1-15-5-9-29(10-6-15,25-21(31)14-33-16(2)30)20-4-3-17(11-19(20)23)28-13-18(34-22(28)32)12-27-8-7-24-26-27/h3-4,7-8,11,15,18H,5-6,9-10,12-14H2,1-2H3/p+1. The second kappa shape index (κ2) is 9.75. The van der Waals surface area contributed by atoms with E-state index < -0.39 is 36.5 Å². The van der Waals surface area contributed by atoms with Crippen molar-refractivity contribution in [1.82, 2.24) is 25.0 Å². The van der Waals surface area contributed by atoms with Gasteiger partial charge in [0.2, 0.25) is 0 Å². The Kier molecular flexibility index (Phi) is 6.77. The fourth-order valence-electron chi connectivity index (χ4n) is 4.37. The van der Waals surface area contributed by atoms with E-state index in [1.165, 1.54) is 24.1 Å². The molecule has 2 aliphatic rings. The van der Waals surface area contributed by atoms with E-state index in [2.05, 4.69) is 22.7 Å². The van der Waals surface area contributed by atoms with Crippen LogP contribution < -0.4 is 14.9 Å². The number of piperidine rings is 1. The van der Waals surface area contributed by atoms with Gasteiger partial charge in [-0.2, -0.15) is 10.0 Å². The van der Waals surface area contributed by atoms with Crippen LogP contribution in [0.3, 0.4) is 0 Å². The highest BCUT2D eigenvalue weighted by atomic mass is 19.1. The van der Waals surface area contributed by atoms with Crippen molar-refractivity contribution in [2.75, 3.05) is 31.1 Å². The molecule has 2 aliphatic heterocycles. The lowest BCUT2D eigenvalue weighted by molar-refractivity contribution is -0.148. The summed E-state index contributed by atoms with van der Waals surface area (Å²) in [6, 6.07) is 4.52. The van der Waals surface area contributed by atoms with Crippen molar-refractivity contribution in [2.24, 2.45) is 5.92 Å². The average Bonchev–Trinajstić information content (AvgIpc) is 3.43. The zero-order chi connectivity index (χ0) is 24.3. The van der Waals surface area contributed by atoms with Gasteiger partial charge in [-0.1, -0.05) is 12.1 Å². The molecule has 0 radical (unpaired) electrons. The van der Waals surface area contributed by atoms with Crippen molar-refractivity contribution in [3.63, 3.8) is 0 Å². The molecular formula is C22H28FN6O5+. The first kappa shape index (κ1) is 23.6. The van der Waals surface area contributed by atoms with Gasteiger partial charge < -0.3 is 9.47 Å². The first-order chi connectivity index (χ1) is 16.3. The summed E-state index contributed by atoms with van der Waals surface area (Å²) in [6.07, 6.45) is 3.77. The minimum Gasteiger partial charge on any atom is -0.456 e. The van der Waals surface area contributed by atoms with Crippen LogP contribution in [-0.2, 0) is 25.6 Å². The molecule has 2 fully saturated rings. The van der Waals surface area contributed by atoms with Crippen molar-refractivity contribution in [3.05, 3.63) is 36.4 Å². The summed E-state index contributed by atoms with van der Waals surface area (Å²) in [5, 5.41) is 7.60. The molecule has 34 heavy (non-hydrogen) atoms. The summed E-state index contributed by atoms with van der Waals surface area (Å²) in [5.41, 5.74) is 3.51. The van der Waals surface area contributed by atoms with Crippen LogP contribution in [0.1, 0.15) is 26.7 Å². The summed E-state index contributed by atoms with van der Waals surface area (Å²) < 4.78 is 27.1. The number of quaternary nitrogens is 1. The number of benzene rings is 1. The number of amides is 2. The molecule has 2 saturated heterocycles. The maximum Gasteiger partial charge on any atom is 0.414 e. The van der Waals surface area contributed by atoms with Gasteiger partial charge in [-0.3, -0.25) is 14.5 Å². The van der Waals surface area contributed by atoms with Crippen LogP contribution >= 0.6 is 0 Å². The number of carbonyl (C=O) groups excluding carboxylic acids is 3. The molecule has 1 aromatic heterocycles. The molecule has 2 amide bonds. The first-order valence-corrected chi connectivity index (χ1v) is 11.2. The van der Waals surface area contributed by atoms with Gasteiger partial charge in [0.05, 0.1) is 25.0 Å². The van der Waals surface area contributed by atoms with Gasteiger partial charge in [-0.05, 0) is 12.0 Å². The lowest BCUT2D eigenvalue weighted by Crippen LogP contribution is -2.65. The number of esters is 1. The normalized spacial score (nSPS) is 24.6. The monoisotopic (exact) mass is 475 g/mol. The van der Waals surface area contributed by atoms with E-state index in [0.29, 0.717) is 36.9 Å². The third-order valence-corrected chi connectivity index (χ3v) is 6.19. The van der Waals surface area contributed by atoms with Crippen molar-refractivity contribution in [2.45, 2.75) is 39.3 Å². The summed E-state index contributed by atoms with van der Waals surface area (Å²) in [4.78, 5) is 37.3. The average molecular weight is 476 g/mol.